The Kier molecular flexibility index (Phi) is 4.46. The van der Waals surface area contributed by atoms with Crippen LogP contribution in [0.5, 0.6) is 11.6 Å². The van der Waals surface area contributed by atoms with E-state index >= 15 is 0 Å². The molecular weight excluding hydrogens is 328 g/mol. The summed E-state index contributed by atoms with van der Waals surface area (Å²) in [7, 11) is 0. The van der Waals surface area contributed by atoms with Crippen LogP contribution in [0.15, 0.2) is 34.9 Å². The number of ether oxygens (including phenoxy) is 1. The average Bonchev–Trinajstić information content (AvgIpc) is 2.42. The first-order chi connectivity index (χ1) is 9.60. The van der Waals surface area contributed by atoms with Crippen LogP contribution in [0.3, 0.4) is 0 Å². The first-order valence-corrected chi connectivity index (χ1v) is 6.58. The molecule has 2 aromatic rings. The van der Waals surface area contributed by atoms with E-state index in [0.717, 1.165) is 10.7 Å². The molecule has 0 amide bonds. The third-order valence-corrected chi connectivity index (χ3v) is 2.82. The Labute approximate surface area is 123 Å². The predicted octanol–water partition coefficient (Wildman–Crippen LogP) is 3.37. The molecule has 0 saturated carbocycles. The van der Waals surface area contributed by atoms with Crippen LogP contribution < -0.4 is 10.1 Å². The Morgan fingerprint density at radius 2 is 2.10 bits per heavy atom. The quantitative estimate of drug-likeness (QED) is 0.663. The largest absolute Gasteiger partial charge is 0.434 e. The minimum Gasteiger partial charge on any atom is -0.434 e. The molecule has 1 aromatic heterocycles. The van der Waals surface area contributed by atoms with Crippen molar-refractivity contribution < 1.29 is 9.66 Å². The van der Waals surface area contributed by atoms with E-state index < -0.39 is 4.92 Å². The van der Waals surface area contributed by atoms with Crippen molar-refractivity contribution in [3.63, 3.8) is 0 Å². The van der Waals surface area contributed by atoms with Gasteiger partial charge < -0.3 is 10.1 Å². The van der Waals surface area contributed by atoms with Crippen molar-refractivity contribution >= 4 is 27.6 Å². The fourth-order valence-electron chi connectivity index (χ4n) is 1.42. The molecule has 8 heteroatoms. The zero-order chi connectivity index (χ0) is 14.5. The normalized spacial score (nSPS) is 10.1. The van der Waals surface area contributed by atoms with Gasteiger partial charge in [0, 0.05) is 11.0 Å². The molecule has 0 radical (unpaired) electrons. The van der Waals surface area contributed by atoms with E-state index in [1.807, 2.05) is 6.92 Å². The summed E-state index contributed by atoms with van der Waals surface area (Å²) in [5.74, 6) is 0.644. The molecule has 0 unspecified atom stereocenters. The Morgan fingerprint density at radius 3 is 2.70 bits per heavy atom. The monoisotopic (exact) mass is 338 g/mol. The van der Waals surface area contributed by atoms with Crippen molar-refractivity contribution in [2.24, 2.45) is 0 Å². The Morgan fingerprint density at radius 1 is 1.40 bits per heavy atom. The van der Waals surface area contributed by atoms with Crippen LogP contribution in [0.25, 0.3) is 0 Å². The van der Waals surface area contributed by atoms with Crippen LogP contribution >= 0.6 is 15.9 Å². The first-order valence-electron chi connectivity index (χ1n) is 5.79. The highest BCUT2D eigenvalue weighted by molar-refractivity contribution is 9.10. The number of nitro groups is 1. The average molecular weight is 339 g/mol. The SMILES string of the molecule is CCNc1ncc([N+](=O)[O-])c(Oc2ccc(Br)cc2)n1. The summed E-state index contributed by atoms with van der Waals surface area (Å²) in [5.41, 5.74) is -0.283. The lowest BCUT2D eigenvalue weighted by Crippen LogP contribution is -2.04. The highest BCUT2D eigenvalue weighted by atomic mass is 79.9. The minimum atomic E-state index is -0.579. The summed E-state index contributed by atoms with van der Waals surface area (Å²) >= 11 is 3.30. The number of benzene rings is 1. The fraction of sp³-hybridized carbons (Fsp3) is 0.167. The van der Waals surface area contributed by atoms with E-state index in [1.54, 1.807) is 24.3 Å². The van der Waals surface area contributed by atoms with Gasteiger partial charge >= 0.3 is 11.6 Å². The van der Waals surface area contributed by atoms with Gasteiger partial charge in [0.05, 0.1) is 4.92 Å². The van der Waals surface area contributed by atoms with Gasteiger partial charge in [-0.3, -0.25) is 10.1 Å². The third kappa shape index (κ3) is 3.41. The van der Waals surface area contributed by atoms with Crippen molar-refractivity contribution in [2.45, 2.75) is 6.92 Å². The molecule has 1 heterocycles. The number of hydrogen-bond acceptors (Lipinski definition) is 6. The number of aromatic nitrogens is 2. The van der Waals surface area contributed by atoms with Crippen molar-refractivity contribution in [1.29, 1.82) is 0 Å². The summed E-state index contributed by atoms with van der Waals surface area (Å²) in [6, 6.07) is 6.91. The molecule has 2 rings (SSSR count). The minimum absolute atomic E-state index is 0.0942. The topological polar surface area (TPSA) is 90.2 Å². The maximum absolute atomic E-state index is 11.0. The van der Waals surface area contributed by atoms with Gasteiger partial charge in [-0.05, 0) is 31.2 Å². The van der Waals surface area contributed by atoms with Gasteiger partial charge in [-0.2, -0.15) is 4.98 Å². The second-order valence-corrected chi connectivity index (χ2v) is 4.64. The van der Waals surface area contributed by atoms with Gasteiger partial charge in [-0.15, -0.1) is 0 Å². The van der Waals surface area contributed by atoms with Crippen molar-refractivity contribution in [3.8, 4) is 11.6 Å². The van der Waals surface area contributed by atoms with E-state index in [0.29, 0.717) is 12.3 Å². The highest BCUT2D eigenvalue weighted by Crippen LogP contribution is 2.29. The summed E-state index contributed by atoms with van der Waals surface area (Å²) in [6.07, 6.45) is 1.12. The molecule has 0 aliphatic heterocycles. The third-order valence-electron chi connectivity index (χ3n) is 2.30. The maximum Gasteiger partial charge on any atom is 0.349 e. The molecule has 104 valence electrons. The van der Waals surface area contributed by atoms with Crippen LogP contribution in [0.4, 0.5) is 11.6 Å². The van der Waals surface area contributed by atoms with Gasteiger partial charge in [-0.25, -0.2) is 4.98 Å². The van der Waals surface area contributed by atoms with E-state index in [9.17, 15) is 10.1 Å². The lowest BCUT2D eigenvalue weighted by Gasteiger charge is -2.07. The Balaban J connectivity index is 2.34. The van der Waals surface area contributed by atoms with Crippen LogP contribution in [-0.4, -0.2) is 21.4 Å². The zero-order valence-corrected chi connectivity index (χ0v) is 12.1. The Bertz CT molecular complexity index is 619. The molecule has 0 aliphatic rings. The molecular formula is C12H11BrN4O3. The zero-order valence-electron chi connectivity index (χ0n) is 10.5. The maximum atomic E-state index is 11.0. The summed E-state index contributed by atoms with van der Waals surface area (Å²) in [6.45, 7) is 2.48. The molecule has 1 aromatic carbocycles. The lowest BCUT2D eigenvalue weighted by molar-refractivity contribution is -0.386. The molecule has 7 nitrogen and oxygen atoms in total. The summed E-state index contributed by atoms with van der Waals surface area (Å²) in [5, 5.41) is 13.8. The van der Waals surface area contributed by atoms with Crippen molar-refractivity contribution in [3.05, 3.63) is 45.0 Å². The summed E-state index contributed by atoms with van der Waals surface area (Å²) < 4.78 is 6.34. The number of anilines is 1. The molecule has 0 aliphatic carbocycles. The van der Waals surface area contributed by atoms with E-state index in [2.05, 4.69) is 31.2 Å². The number of halogens is 1. The van der Waals surface area contributed by atoms with Crippen LogP contribution in [0.1, 0.15) is 6.92 Å². The molecule has 0 saturated heterocycles. The molecule has 0 spiro atoms. The molecule has 0 atom stereocenters. The Hall–Kier alpha value is -2.22. The number of hydrogen-bond donors (Lipinski definition) is 1. The van der Waals surface area contributed by atoms with Gasteiger partial charge in [0.25, 0.3) is 0 Å². The van der Waals surface area contributed by atoms with Crippen molar-refractivity contribution in [1.82, 2.24) is 9.97 Å². The molecule has 0 bridgehead atoms. The van der Waals surface area contributed by atoms with E-state index in [-0.39, 0.29) is 17.5 Å². The van der Waals surface area contributed by atoms with Gasteiger partial charge in [-0.1, -0.05) is 15.9 Å². The van der Waals surface area contributed by atoms with Gasteiger partial charge in [0.1, 0.15) is 11.9 Å². The first kappa shape index (κ1) is 14.2. The van der Waals surface area contributed by atoms with Crippen LogP contribution in [0.2, 0.25) is 0 Å². The van der Waals surface area contributed by atoms with Crippen molar-refractivity contribution in [2.75, 3.05) is 11.9 Å². The fourth-order valence-corrected chi connectivity index (χ4v) is 1.68. The van der Waals surface area contributed by atoms with Gasteiger partial charge in [0.2, 0.25) is 5.95 Å². The lowest BCUT2D eigenvalue weighted by atomic mass is 10.3. The second kappa shape index (κ2) is 6.29. The smallest absolute Gasteiger partial charge is 0.349 e. The van der Waals surface area contributed by atoms with Gasteiger partial charge in [0.15, 0.2) is 0 Å². The molecule has 20 heavy (non-hydrogen) atoms. The summed E-state index contributed by atoms with van der Waals surface area (Å²) in [4.78, 5) is 18.2. The number of nitrogens with one attached hydrogen (secondary N) is 1. The second-order valence-electron chi connectivity index (χ2n) is 3.73. The van der Waals surface area contributed by atoms with Crippen LogP contribution in [-0.2, 0) is 0 Å². The van der Waals surface area contributed by atoms with Crippen LogP contribution in [0, 0.1) is 10.1 Å². The number of nitrogens with zero attached hydrogens (tertiary/aromatic N) is 3. The highest BCUT2D eigenvalue weighted by Gasteiger charge is 2.19. The van der Waals surface area contributed by atoms with E-state index in [4.69, 9.17) is 4.74 Å². The standard InChI is InChI=1S/C12H11BrN4O3/c1-2-14-12-15-7-10(17(18)19)11(16-12)20-9-5-3-8(13)4-6-9/h3-7H,2H2,1H3,(H,14,15,16). The van der Waals surface area contributed by atoms with E-state index in [1.165, 1.54) is 0 Å². The predicted molar refractivity (Wildman–Crippen MR) is 77.1 cm³/mol. The number of rotatable bonds is 5. The molecule has 1 N–H and O–H groups in total. The molecule has 0 fully saturated rings.